The molecule has 2 aromatic heterocycles. The molecule has 0 spiro atoms. The van der Waals surface area contributed by atoms with Crippen molar-refractivity contribution in [3.05, 3.63) is 95.7 Å². The number of nitrogens with zero attached hydrogens (tertiary/aromatic N) is 2. The number of phenols is 1. The van der Waals surface area contributed by atoms with E-state index in [-0.39, 0.29) is 16.9 Å². The maximum atomic E-state index is 12.6. The second-order valence-corrected chi connectivity index (χ2v) is 13.0. The van der Waals surface area contributed by atoms with Gasteiger partial charge in [-0.1, -0.05) is 53.7 Å². The van der Waals surface area contributed by atoms with Crippen molar-refractivity contribution < 1.29 is 14.3 Å². The molecule has 178 valence electrons. The summed E-state index contributed by atoms with van der Waals surface area (Å²) in [6.45, 7) is 0.698. The molecule has 0 bridgehead atoms. The number of amides is 1. The molecule has 10 heteroatoms. The number of halogens is 2. The number of rotatable bonds is 6. The molecule has 8 nitrogen and oxygen atoms in total. The Hall–Kier alpha value is -3.13. The van der Waals surface area contributed by atoms with Gasteiger partial charge >= 0.3 is 0 Å². The zero-order chi connectivity index (χ0) is 24.5. The van der Waals surface area contributed by atoms with Crippen LogP contribution in [0, 0.1) is 7.27 Å². The van der Waals surface area contributed by atoms with Gasteiger partial charge in [0.05, 0.1) is 15.2 Å². The van der Waals surface area contributed by atoms with E-state index in [0.29, 0.717) is 24.1 Å². The van der Waals surface area contributed by atoms with Crippen LogP contribution < -0.4 is 16.1 Å². The van der Waals surface area contributed by atoms with Crippen molar-refractivity contribution in [1.82, 2.24) is 20.4 Å². The summed E-state index contributed by atoms with van der Waals surface area (Å²) in [6.07, 6.45) is 3.78. The molecule has 1 aliphatic rings. The number of fused-ring (bicyclic) bond motifs is 2. The fraction of sp³-hybridized carbons (Fsp3) is 0.0800. The number of hydrogen-bond acceptors (Lipinski definition) is 6. The lowest BCUT2D eigenvalue weighted by molar-refractivity contribution is 0.0927. The molecule has 35 heavy (non-hydrogen) atoms. The van der Waals surface area contributed by atoms with Crippen LogP contribution in [0.15, 0.2) is 76.1 Å². The van der Waals surface area contributed by atoms with E-state index < -0.39 is 24.8 Å². The molecule has 1 amide bonds. The molecule has 1 aliphatic heterocycles. The fourth-order valence-corrected chi connectivity index (χ4v) is 9.78. The van der Waals surface area contributed by atoms with Crippen LogP contribution in [-0.2, 0) is 0 Å². The fourth-order valence-electron chi connectivity index (χ4n) is 3.70. The zero-order valence-corrected chi connectivity index (χ0v) is 22.6. The monoisotopic (exact) mass is 694 g/mol. The summed E-state index contributed by atoms with van der Waals surface area (Å²) in [5, 5.41) is 21.5. The second-order valence-electron chi connectivity index (χ2n) is 7.61. The normalized spacial score (nSPS) is 13.4. The summed E-state index contributed by atoms with van der Waals surface area (Å²) in [6, 6.07) is 15.3. The molecule has 0 unspecified atom stereocenters. The molecular formula is C25H20I2N4O4. The molecule has 5 rings (SSSR count). The summed E-state index contributed by atoms with van der Waals surface area (Å²) in [4.78, 5) is 24.8. The van der Waals surface area contributed by atoms with Gasteiger partial charge in [-0.05, 0) is 46.9 Å². The van der Waals surface area contributed by atoms with Crippen LogP contribution in [0.3, 0.4) is 0 Å². The van der Waals surface area contributed by atoms with Gasteiger partial charge in [0, 0.05) is 28.2 Å². The van der Waals surface area contributed by atoms with Crippen molar-refractivity contribution in [3.8, 4) is 5.75 Å². The van der Waals surface area contributed by atoms with Gasteiger partial charge in [0.1, 0.15) is 20.9 Å². The number of phenolic OH excluding ortho intramolecular Hbond substituents is 1. The topological polar surface area (TPSA) is 109 Å². The third-order valence-corrected chi connectivity index (χ3v) is 11.7. The molecule has 2 aromatic carbocycles. The number of carbonyl (C=O) groups is 1. The first kappa shape index (κ1) is 23.6. The van der Waals surface area contributed by atoms with Crippen molar-refractivity contribution in [3.63, 3.8) is 0 Å². The molecule has 4 aromatic rings. The first-order valence-electron chi connectivity index (χ1n) is 10.6. The van der Waals surface area contributed by atoms with Crippen molar-refractivity contribution in [2.75, 3.05) is 13.1 Å². The van der Waals surface area contributed by atoms with Crippen molar-refractivity contribution in [2.24, 2.45) is 0 Å². The SMILES string of the molecule is C=I1=C(c2ccccc2O)C=C(NCCNC(=O)c2cc(=O)c3ccccc3o2)n2ncc(I)c21. The minimum absolute atomic E-state index is 0.0312. The summed E-state index contributed by atoms with van der Waals surface area (Å²) < 4.78 is 15.0. The van der Waals surface area contributed by atoms with Crippen LogP contribution >= 0.6 is 41.5 Å². The van der Waals surface area contributed by atoms with E-state index in [1.807, 2.05) is 22.9 Å². The van der Waals surface area contributed by atoms with E-state index in [2.05, 4.69) is 42.8 Å². The predicted molar refractivity (Wildman–Crippen MR) is 154 cm³/mol. The van der Waals surface area contributed by atoms with Crippen molar-refractivity contribution >= 4 is 72.2 Å². The van der Waals surface area contributed by atoms with E-state index in [1.165, 1.54) is 6.07 Å². The largest absolute Gasteiger partial charge is 0.507 e. The van der Waals surface area contributed by atoms with Gasteiger partial charge in [-0.3, -0.25) is 9.59 Å². The molecule has 0 fully saturated rings. The number of nitrogens with one attached hydrogen (secondary N) is 2. The second kappa shape index (κ2) is 9.85. The first-order chi connectivity index (χ1) is 16.9. The average Bonchev–Trinajstić information content (AvgIpc) is 3.25. The first-order valence-corrected chi connectivity index (χ1v) is 15.3. The van der Waals surface area contributed by atoms with Crippen LogP contribution in [0.4, 0.5) is 0 Å². The number of hydrogen-bond donors (Lipinski definition) is 3. The molecule has 0 saturated heterocycles. The standard InChI is InChI=1S/C25H20I2N4O4/c1-27-18(15-6-2-4-8-19(15)32)12-23(31-24(27)17(26)14-30-31)28-10-11-29-25(34)22-13-20(33)16-7-3-5-9-21(16)35-22/h2-9,12-14,28,32H,1,10-11H2,(H,29,34). The molecule has 3 heterocycles. The maximum Gasteiger partial charge on any atom is 0.287 e. The Morgan fingerprint density at radius 2 is 1.94 bits per heavy atom. The Morgan fingerprint density at radius 3 is 2.77 bits per heavy atom. The summed E-state index contributed by atoms with van der Waals surface area (Å²) in [5.74, 6) is 0.464. The average molecular weight is 694 g/mol. The van der Waals surface area contributed by atoms with Gasteiger partial charge in [-0.15, -0.1) is 0 Å². The lowest BCUT2D eigenvalue weighted by Gasteiger charge is -2.20. The summed E-state index contributed by atoms with van der Waals surface area (Å²) >= 11 is 0.212. The lowest BCUT2D eigenvalue weighted by Crippen LogP contribution is -2.33. The van der Waals surface area contributed by atoms with Gasteiger partial charge in [0.2, 0.25) is 0 Å². The Labute approximate surface area is 220 Å². The Balaban J connectivity index is 1.33. The third-order valence-electron chi connectivity index (χ3n) is 5.36. The highest BCUT2D eigenvalue weighted by Crippen LogP contribution is 2.35. The lowest BCUT2D eigenvalue weighted by atomic mass is 10.1. The van der Waals surface area contributed by atoms with Gasteiger partial charge in [0.25, 0.3) is 5.91 Å². The van der Waals surface area contributed by atoms with Crippen LogP contribution in [-0.4, -0.2) is 41.9 Å². The summed E-state index contributed by atoms with van der Waals surface area (Å²) in [5.41, 5.74) is 0.883. The van der Waals surface area contributed by atoms with Gasteiger partial charge in [0.15, 0.2) is 11.2 Å². The Kier molecular flexibility index (Phi) is 6.65. The number of aromatic nitrogens is 2. The van der Waals surface area contributed by atoms with E-state index in [0.717, 1.165) is 22.2 Å². The highest BCUT2D eigenvalue weighted by atomic mass is 127. The number of allylic oxidation sites excluding steroid dienone is 1. The number of carbonyl (C=O) groups excluding carboxylic acids is 1. The maximum absolute atomic E-state index is 12.6. The van der Waals surface area contributed by atoms with E-state index in [9.17, 15) is 14.7 Å². The smallest absolute Gasteiger partial charge is 0.287 e. The van der Waals surface area contributed by atoms with Crippen LogP contribution in [0.1, 0.15) is 16.1 Å². The van der Waals surface area contributed by atoms with E-state index in [4.69, 9.17) is 4.42 Å². The van der Waals surface area contributed by atoms with E-state index >= 15 is 0 Å². The van der Waals surface area contributed by atoms with Crippen molar-refractivity contribution in [2.45, 2.75) is 0 Å². The molecular weight excluding hydrogens is 674 g/mol. The molecule has 0 atom stereocenters. The molecule has 0 radical (unpaired) electrons. The van der Waals surface area contributed by atoms with E-state index in [1.54, 1.807) is 42.6 Å². The van der Waals surface area contributed by atoms with Gasteiger partial charge in [-0.2, -0.15) is 5.10 Å². The third kappa shape index (κ3) is 4.59. The van der Waals surface area contributed by atoms with Crippen molar-refractivity contribution in [1.29, 1.82) is 0 Å². The number of benzene rings is 2. The highest BCUT2D eigenvalue weighted by molar-refractivity contribution is 14.2. The summed E-state index contributed by atoms with van der Waals surface area (Å²) in [7, 11) is 0. The molecule has 0 aliphatic carbocycles. The predicted octanol–water partition coefficient (Wildman–Crippen LogP) is 3.46. The molecule has 3 N–H and O–H groups in total. The van der Waals surface area contributed by atoms with Crippen LogP contribution in [0.2, 0.25) is 0 Å². The zero-order valence-electron chi connectivity index (χ0n) is 18.3. The van der Waals surface area contributed by atoms with Gasteiger partial charge in [-0.25, -0.2) is 4.68 Å². The highest BCUT2D eigenvalue weighted by Gasteiger charge is 2.21. The molecule has 0 saturated carbocycles. The Morgan fingerprint density at radius 1 is 1.17 bits per heavy atom. The van der Waals surface area contributed by atoms with Gasteiger partial charge < -0.3 is 20.2 Å². The quantitative estimate of drug-likeness (QED) is 0.211. The van der Waals surface area contributed by atoms with Crippen LogP contribution in [0.5, 0.6) is 5.75 Å². The minimum atomic E-state index is -2.05. The number of para-hydroxylation sites is 2. The Bertz CT molecular complexity index is 1640. The van der Waals surface area contributed by atoms with Crippen LogP contribution in [0.25, 0.3) is 16.8 Å². The minimum Gasteiger partial charge on any atom is -0.507 e. The number of aromatic hydroxyl groups is 1.